The molecule has 1 saturated heterocycles. The fourth-order valence-electron chi connectivity index (χ4n) is 4.59. The summed E-state index contributed by atoms with van der Waals surface area (Å²) in [5.74, 6) is 1.40. The van der Waals surface area contributed by atoms with Crippen molar-refractivity contribution < 1.29 is 5.11 Å². The first-order valence-corrected chi connectivity index (χ1v) is 6.00. The van der Waals surface area contributed by atoms with Crippen LogP contribution in [0.25, 0.3) is 0 Å². The lowest BCUT2D eigenvalue weighted by atomic mass is 9.60. The van der Waals surface area contributed by atoms with Crippen molar-refractivity contribution in [3.63, 3.8) is 0 Å². The molecule has 3 fully saturated rings. The molecular weight excluding hydrogens is 174 g/mol. The molecular formula is C12H21NO. The van der Waals surface area contributed by atoms with Gasteiger partial charge in [-0.3, -0.25) is 0 Å². The van der Waals surface area contributed by atoms with E-state index in [1.807, 2.05) is 0 Å². The number of hydrogen-bond donors (Lipinski definition) is 1. The lowest BCUT2D eigenvalue weighted by Crippen LogP contribution is -2.58. The third kappa shape index (κ3) is 0.989. The molecule has 1 aliphatic heterocycles. The Morgan fingerprint density at radius 1 is 1.29 bits per heavy atom. The Morgan fingerprint density at radius 2 is 2.07 bits per heavy atom. The Labute approximate surface area is 86.3 Å². The van der Waals surface area contributed by atoms with Crippen LogP contribution in [0, 0.1) is 17.3 Å². The summed E-state index contributed by atoms with van der Waals surface area (Å²) in [5, 5.41) is 10.1. The molecule has 3 aliphatic rings. The largest absolute Gasteiger partial charge is 0.393 e. The van der Waals surface area contributed by atoms with Crippen LogP contribution in [0.3, 0.4) is 0 Å². The molecule has 4 bridgehead atoms. The zero-order valence-corrected chi connectivity index (χ0v) is 9.24. The van der Waals surface area contributed by atoms with Crippen LogP contribution >= 0.6 is 0 Å². The minimum Gasteiger partial charge on any atom is -0.393 e. The van der Waals surface area contributed by atoms with Gasteiger partial charge in [0.05, 0.1) is 6.10 Å². The summed E-state index contributed by atoms with van der Waals surface area (Å²) in [5.41, 5.74) is 0.506. The summed E-state index contributed by atoms with van der Waals surface area (Å²) >= 11 is 0. The van der Waals surface area contributed by atoms with E-state index in [1.165, 1.54) is 25.8 Å². The molecule has 0 aromatic carbocycles. The summed E-state index contributed by atoms with van der Waals surface area (Å²) in [7, 11) is 2.25. The Morgan fingerprint density at radius 3 is 2.86 bits per heavy atom. The van der Waals surface area contributed by atoms with Crippen molar-refractivity contribution in [2.45, 2.75) is 44.8 Å². The highest BCUT2D eigenvalue weighted by atomic mass is 16.3. The maximum atomic E-state index is 10.1. The fraction of sp³-hybridized carbons (Fsp3) is 1.00. The molecule has 0 spiro atoms. The predicted molar refractivity (Wildman–Crippen MR) is 56.0 cm³/mol. The van der Waals surface area contributed by atoms with Gasteiger partial charge in [0, 0.05) is 18.5 Å². The summed E-state index contributed by atoms with van der Waals surface area (Å²) in [4.78, 5) is 2.51. The number of hydrogen-bond acceptors (Lipinski definition) is 2. The molecule has 14 heavy (non-hydrogen) atoms. The van der Waals surface area contributed by atoms with Crippen molar-refractivity contribution >= 4 is 0 Å². The summed E-state index contributed by atoms with van der Waals surface area (Å²) in [6.07, 6.45) is 4.93. The van der Waals surface area contributed by atoms with E-state index in [9.17, 15) is 5.11 Å². The van der Waals surface area contributed by atoms with Crippen molar-refractivity contribution in [2.75, 3.05) is 13.6 Å². The third-order valence-corrected chi connectivity index (χ3v) is 5.21. The van der Waals surface area contributed by atoms with Crippen LogP contribution in [-0.2, 0) is 0 Å². The summed E-state index contributed by atoms with van der Waals surface area (Å²) < 4.78 is 0. The second-order valence-electron chi connectivity index (χ2n) is 6.00. The standard InChI is InChI=1S/C12H21NO/c1-12-6-5-10(14)11-8(12)3-4-9(11)13(2)7-12/h8-11,14H,3-7H2,1-2H3/t8-,9+,10-,11-,12-/m0/s1. The number of piperidine rings is 1. The first kappa shape index (κ1) is 9.17. The molecule has 2 aliphatic carbocycles. The van der Waals surface area contributed by atoms with E-state index in [0.29, 0.717) is 17.4 Å². The average molecular weight is 195 g/mol. The first-order valence-electron chi connectivity index (χ1n) is 6.00. The fourth-order valence-corrected chi connectivity index (χ4v) is 4.59. The van der Waals surface area contributed by atoms with Crippen LogP contribution in [0.1, 0.15) is 32.6 Å². The van der Waals surface area contributed by atoms with E-state index in [2.05, 4.69) is 18.9 Å². The number of rotatable bonds is 0. The van der Waals surface area contributed by atoms with E-state index in [-0.39, 0.29) is 6.10 Å². The third-order valence-electron chi connectivity index (χ3n) is 5.21. The molecule has 0 radical (unpaired) electrons. The van der Waals surface area contributed by atoms with Crippen LogP contribution in [-0.4, -0.2) is 35.7 Å². The number of aliphatic hydroxyl groups excluding tert-OH is 1. The predicted octanol–water partition coefficient (Wildman–Crippen LogP) is 1.49. The Bertz CT molecular complexity index is 255. The Balaban J connectivity index is 2.00. The molecule has 1 N–H and O–H groups in total. The zero-order valence-electron chi connectivity index (χ0n) is 9.24. The maximum absolute atomic E-state index is 10.1. The van der Waals surface area contributed by atoms with E-state index in [0.717, 1.165) is 12.3 Å². The molecule has 0 aromatic rings. The van der Waals surface area contributed by atoms with Gasteiger partial charge in [-0.15, -0.1) is 0 Å². The monoisotopic (exact) mass is 195 g/mol. The van der Waals surface area contributed by atoms with E-state index >= 15 is 0 Å². The lowest BCUT2D eigenvalue weighted by molar-refractivity contribution is -0.0987. The van der Waals surface area contributed by atoms with Crippen molar-refractivity contribution in [1.82, 2.24) is 4.90 Å². The molecule has 5 atom stereocenters. The van der Waals surface area contributed by atoms with Crippen LogP contribution in [0.5, 0.6) is 0 Å². The topological polar surface area (TPSA) is 23.5 Å². The normalized spacial score (nSPS) is 57.6. The minimum absolute atomic E-state index is 0.0108. The van der Waals surface area contributed by atoms with Crippen LogP contribution < -0.4 is 0 Å². The summed E-state index contributed by atoms with van der Waals surface area (Å²) in [6.45, 7) is 3.69. The smallest absolute Gasteiger partial charge is 0.0586 e. The Hall–Kier alpha value is -0.0800. The molecule has 0 unspecified atom stereocenters. The average Bonchev–Trinajstić information content (AvgIpc) is 2.52. The number of aliphatic hydroxyl groups is 1. The molecule has 0 amide bonds. The maximum Gasteiger partial charge on any atom is 0.0586 e. The zero-order chi connectivity index (χ0) is 9.92. The van der Waals surface area contributed by atoms with Gasteiger partial charge >= 0.3 is 0 Å². The van der Waals surface area contributed by atoms with E-state index in [4.69, 9.17) is 0 Å². The van der Waals surface area contributed by atoms with Gasteiger partial charge < -0.3 is 10.0 Å². The van der Waals surface area contributed by atoms with E-state index < -0.39 is 0 Å². The van der Waals surface area contributed by atoms with Gasteiger partial charge in [0.25, 0.3) is 0 Å². The van der Waals surface area contributed by atoms with Crippen molar-refractivity contribution in [3.8, 4) is 0 Å². The van der Waals surface area contributed by atoms with Crippen LogP contribution in [0.2, 0.25) is 0 Å². The van der Waals surface area contributed by atoms with Crippen molar-refractivity contribution in [2.24, 2.45) is 17.3 Å². The van der Waals surface area contributed by atoms with Gasteiger partial charge in [-0.05, 0) is 44.1 Å². The lowest BCUT2D eigenvalue weighted by Gasteiger charge is -2.54. The molecule has 80 valence electrons. The molecule has 2 nitrogen and oxygen atoms in total. The summed E-state index contributed by atoms with van der Waals surface area (Å²) in [6, 6.07) is 0.684. The van der Waals surface area contributed by atoms with Gasteiger partial charge in [0.15, 0.2) is 0 Å². The molecule has 2 saturated carbocycles. The van der Waals surface area contributed by atoms with Crippen molar-refractivity contribution in [1.29, 1.82) is 0 Å². The van der Waals surface area contributed by atoms with Crippen LogP contribution in [0.4, 0.5) is 0 Å². The van der Waals surface area contributed by atoms with Gasteiger partial charge in [-0.2, -0.15) is 0 Å². The quantitative estimate of drug-likeness (QED) is 0.633. The number of nitrogens with zero attached hydrogens (tertiary/aromatic N) is 1. The molecule has 1 heterocycles. The minimum atomic E-state index is -0.0108. The van der Waals surface area contributed by atoms with Crippen LogP contribution in [0.15, 0.2) is 0 Å². The SMILES string of the molecule is CN1C[C@]2(C)CC[C@H](O)[C@@H]3[C@H]1CC[C@@H]32. The molecule has 2 heteroatoms. The Kier molecular flexibility index (Phi) is 1.79. The molecule has 3 rings (SSSR count). The van der Waals surface area contributed by atoms with Crippen molar-refractivity contribution in [3.05, 3.63) is 0 Å². The van der Waals surface area contributed by atoms with E-state index in [1.54, 1.807) is 0 Å². The van der Waals surface area contributed by atoms with Gasteiger partial charge in [0.1, 0.15) is 0 Å². The van der Waals surface area contributed by atoms with Gasteiger partial charge in [-0.25, -0.2) is 0 Å². The highest BCUT2D eigenvalue weighted by Crippen LogP contribution is 2.57. The van der Waals surface area contributed by atoms with Gasteiger partial charge in [-0.1, -0.05) is 6.92 Å². The highest BCUT2D eigenvalue weighted by molar-refractivity contribution is 5.08. The highest BCUT2D eigenvalue weighted by Gasteiger charge is 2.57. The number of likely N-dealkylation sites (tertiary alicyclic amines) is 1. The second kappa shape index (κ2) is 2.73. The second-order valence-corrected chi connectivity index (χ2v) is 6.00. The first-order chi connectivity index (χ1) is 6.62. The molecule has 0 aromatic heterocycles. The van der Waals surface area contributed by atoms with Gasteiger partial charge in [0.2, 0.25) is 0 Å².